The van der Waals surface area contributed by atoms with Crippen LogP contribution in [0.1, 0.15) is 6.92 Å². The molecule has 0 saturated carbocycles. The highest BCUT2D eigenvalue weighted by Crippen LogP contribution is 2.10. The van der Waals surface area contributed by atoms with Crippen molar-refractivity contribution in [3.63, 3.8) is 0 Å². The zero-order valence-corrected chi connectivity index (χ0v) is 7.97. The van der Waals surface area contributed by atoms with Gasteiger partial charge in [-0.1, -0.05) is 0 Å². The van der Waals surface area contributed by atoms with Gasteiger partial charge in [0.05, 0.1) is 12.6 Å². The number of amides is 1. The van der Waals surface area contributed by atoms with Gasteiger partial charge in [-0.25, -0.2) is 0 Å². The van der Waals surface area contributed by atoms with Gasteiger partial charge >= 0.3 is 5.97 Å². The average Bonchev–Trinajstić information content (AvgIpc) is 2.01. The maximum absolute atomic E-state index is 10.9. The summed E-state index contributed by atoms with van der Waals surface area (Å²) in [4.78, 5) is 23.0. The van der Waals surface area contributed by atoms with Gasteiger partial charge < -0.3 is 15.6 Å². The van der Waals surface area contributed by atoms with Crippen LogP contribution in [0.15, 0.2) is 0 Å². The Hall–Kier alpha value is -1.14. The minimum Gasteiger partial charge on any atom is -0.480 e. The average molecular weight is 202 g/mol. The first-order chi connectivity index (χ1) is 6.49. The van der Waals surface area contributed by atoms with Crippen molar-refractivity contribution in [2.24, 2.45) is 5.73 Å². The molecule has 0 aromatic carbocycles. The largest absolute Gasteiger partial charge is 0.480 e. The molecule has 0 spiro atoms. The van der Waals surface area contributed by atoms with E-state index in [4.69, 9.17) is 15.6 Å². The fourth-order valence-electron chi connectivity index (χ4n) is 1.52. The molecule has 1 amide bonds. The van der Waals surface area contributed by atoms with Crippen molar-refractivity contribution in [2.45, 2.75) is 19.1 Å². The molecule has 0 aromatic heterocycles. The molecule has 0 bridgehead atoms. The van der Waals surface area contributed by atoms with Crippen molar-refractivity contribution in [1.29, 1.82) is 0 Å². The van der Waals surface area contributed by atoms with Crippen LogP contribution >= 0.6 is 0 Å². The summed E-state index contributed by atoms with van der Waals surface area (Å²) in [5.74, 6) is -1.46. The molecule has 1 heterocycles. The normalized spacial score (nSPS) is 28.6. The van der Waals surface area contributed by atoms with Gasteiger partial charge in [-0.15, -0.1) is 0 Å². The van der Waals surface area contributed by atoms with E-state index in [1.807, 2.05) is 0 Å². The van der Waals surface area contributed by atoms with Crippen molar-refractivity contribution in [3.05, 3.63) is 0 Å². The Kier molecular flexibility index (Phi) is 3.43. The summed E-state index contributed by atoms with van der Waals surface area (Å²) in [5.41, 5.74) is 5.08. The number of ether oxygens (including phenoxy) is 1. The van der Waals surface area contributed by atoms with Crippen molar-refractivity contribution >= 4 is 11.9 Å². The van der Waals surface area contributed by atoms with E-state index in [2.05, 4.69) is 0 Å². The van der Waals surface area contributed by atoms with Crippen LogP contribution in [0, 0.1) is 0 Å². The van der Waals surface area contributed by atoms with Gasteiger partial charge in [0, 0.05) is 13.1 Å². The lowest BCUT2D eigenvalue weighted by Crippen LogP contribution is -2.52. The fraction of sp³-hybridized carbons (Fsp3) is 0.750. The van der Waals surface area contributed by atoms with Crippen molar-refractivity contribution < 1.29 is 19.4 Å². The number of hydrogen-bond acceptors (Lipinski definition) is 4. The molecule has 1 aliphatic rings. The molecule has 14 heavy (non-hydrogen) atoms. The summed E-state index contributed by atoms with van der Waals surface area (Å²) in [6.07, 6.45) is -0.862. The van der Waals surface area contributed by atoms with Crippen LogP contribution in [0.2, 0.25) is 0 Å². The summed E-state index contributed by atoms with van der Waals surface area (Å²) in [5, 5.41) is 8.58. The van der Waals surface area contributed by atoms with Gasteiger partial charge in [0.25, 0.3) is 0 Å². The Bertz CT molecular complexity index is 243. The molecule has 1 saturated heterocycles. The molecular formula is C8H14N2O4. The number of hydrogen-bond donors (Lipinski definition) is 2. The first kappa shape index (κ1) is 10.9. The number of nitrogens with two attached hydrogens (primary N) is 1. The molecule has 80 valence electrons. The maximum atomic E-state index is 10.9. The number of carboxylic acids is 1. The van der Waals surface area contributed by atoms with E-state index in [0.29, 0.717) is 6.54 Å². The highest BCUT2D eigenvalue weighted by Gasteiger charge is 2.29. The molecule has 0 aliphatic carbocycles. The molecule has 6 heteroatoms. The Balaban J connectivity index is 2.53. The van der Waals surface area contributed by atoms with Gasteiger partial charge in [0.1, 0.15) is 6.10 Å². The summed E-state index contributed by atoms with van der Waals surface area (Å²) in [6.45, 7) is 2.46. The molecule has 1 rings (SSSR count). The lowest BCUT2D eigenvalue weighted by molar-refractivity contribution is -0.149. The van der Waals surface area contributed by atoms with Gasteiger partial charge in [-0.2, -0.15) is 0 Å². The lowest BCUT2D eigenvalue weighted by Gasteiger charge is -2.34. The van der Waals surface area contributed by atoms with Gasteiger partial charge in [0.2, 0.25) is 5.91 Å². The van der Waals surface area contributed by atoms with Crippen LogP contribution in [-0.4, -0.2) is 53.7 Å². The second-order valence-corrected chi connectivity index (χ2v) is 3.43. The highest BCUT2D eigenvalue weighted by molar-refractivity contribution is 5.79. The molecular weight excluding hydrogens is 188 g/mol. The van der Waals surface area contributed by atoms with Gasteiger partial charge in [-0.3, -0.25) is 14.5 Å². The van der Waals surface area contributed by atoms with Gasteiger partial charge in [0.15, 0.2) is 0 Å². The monoisotopic (exact) mass is 202 g/mol. The molecule has 6 nitrogen and oxygen atoms in total. The van der Waals surface area contributed by atoms with Crippen LogP contribution in [0.3, 0.4) is 0 Å². The third-order valence-corrected chi connectivity index (χ3v) is 2.01. The molecule has 1 unspecified atom stereocenters. The minimum absolute atomic E-state index is 0.0858. The fourth-order valence-corrected chi connectivity index (χ4v) is 1.52. The van der Waals surface area contributed by atoms with E-state index >= 15 is 0 Å². The van der Waals surface area contributed by atoms with Crippen LogP contribution in [0.5, 0.6) is 0 Å². The first-order valence-corrected chi connectivity index (χ1v) is 4.38. The number of carboxylic acid groups (broad SMARTS) is 1. The van der Waals surface area contributed by atoms with Crippen molar-refractivity contribution in [1.82, 2.24) is 4.90 Å². The standard InChI is InChI=1S/C8H14N2O4/c1-5-2-10(4-7(11)12)3-6(14-5)8(9)13/h5-6H,2-4H2,1H3,(H2,9,13)(H,11,12)/t5-,6?/m1/s1. The number of morpholine rings is 1. The molecule has 2 atom stereocenters. The predicted molar refractivity (Wildman–Crippen MR) is 47.6 cm³/mol. The summed E-state index contributed by atoms with van der Waals surface area (Å²) in [6, 6.07) is 0. The zero-order chi connectivity index (χ0) is 10.7. The maximum Gasteiger partial charge on any atom is 0.317 e. The van der Waals surface area contributed by atoms with E-state index in [1.165, 1.54) is 0 Å². The Labute approximate surface area is 81.6 Å². The number of aliphatic carboxylic acids is 1. The number of carbonyl (C=O) groups excluding carboxylic acids is 1. The second-order valence-electron chi connectivity index (χ2n) is 3.43. The molecule has 0 aromatic rings. The van der Waals surface area contributed by atoms with Crippen molar-refractivity contribution in [3.8, 4) is 0 Å². The third kappa shape index (κ3) is 2.97. The van der Waals surface area contributed by atoms with E-state index in [9.17, 15) is 9.59 Å². The summed E-state index contributed by atoms with van der Waals surface area (Å²) < 4.78 is 5.25. The van der Waals surface area contributed by atoms with Crippen LogP contribution in [-0.2, 0) is 14.3 Å². The summed E-state index contributed by atoms with van der Waals surface area (Å²) in [7, 11) is 0. The first-order valence-electron chi connectivity index (χ1n) is 4.38. The molecule has 1 fully saturated rings. The van der Waals surface area contributed by atoms with E-state index in [-0.39, 0.29) is 19.2 Å². The topological polar surface area (TPSA) is 92.9 Å². The Morgan fingerprint density at radius 1 is 1.57 bits per heavy atom. The van der Waals surface area contributed by atoms with E-state index < -0.39 is 18.0 Å². The SMILES string of the molecule is C[C@@H]1CN(CC(=O)O)CC(C(N)=O)O1. The predicted octanol–water partition coefficient (Wildman–Crippen LogP) is -1.35. The quantitative estimate of drug-likeness (QED) is 0.590. The smallest absolute Gasteiger partial charge is 0.317 e. The lowest BCUT2D eigenvalue weighted by atomic mass is 10.2. The molecule has 3 N–H and O–H groups in total. The number of primary amides is 1. The number of rotatable bonds is 3. The highest BCUT2D eigenvalue weighted by atomic mass is 16.5. The summed E-state index contributed by atoms with van der Waals surface area (Å²) >= 11 is 0. The molecule has 0 radical (unpaired) electrons. The van der Waals surface area contributed by atoms with E-state index in [0.717, 1.165) is 0 Å². The van der Waals surface area contributed by atoms with Gasteiger partial charge in [-0.05, 0) is 6.92 Å². The third-order valence-electron chi connectivity index (χ3n) is 2.01. The number of carbonyl (C=O) groups is 2. The van der Waals surface area contributed by atoms with Crippen LogP contribution in [0.25, 0.3) is 0 Å². The Morgan fingerprint density at radius 2 is 2.21 bits per heavy atom. The Morgan fingerprint density at radius 3 is 2.71 bits per heavy atom. The minimum atomic E-state index is -0.915. The number of nitrogens with zero attached hydrogens (tertiary/aromatic N) is 1. The van der Waals surface area contributed by atoms with Crippen LogP contribution in [0.4, 0.5) is 0 Å². The molecule has 1 aliphatic heterocycles. The zero-order valence-electron chi connectivity index (χ0n) is 7.97. The second kappa shape index (κ2) is 4.39. The van der Waals surface area contributed by atoms with Crippen LogP contribution < -0.4 is 5.73 Å². The van der Waals surface area contributed by atoms with E-state index in [1.54, 1.807) is 11.8 Å². The van der Waals surface area contributed by atoms with Crippen molar-refractivity contribution in [2.75, 3.05) is 19.6 Å².